The average molecular weight is 482 g/mol. The number of hydrogen-bond donors (Lipinski definition) is 1. The normalized spacial score (nSPS) is 13.6. The Labute approximate surface area is 203 Å². The summed E-state index contributed by atoms with van der Waals surface area (Å²) in [5.41, 5.74) is 2.41. The third-order valence-electron chi connectivity index (χ3n) is 5.56. The fourth-order valence-electron chi connectivity index (χ4n) is 3.79. The summed E-state index contributed by atoms with van der Waals surface area (Å²) in [4.78, 5) is 16.8. The van der Waals surface area contributed by atoms with Crippen LogP contribution in [0.15, 0.2) is 59.6 Å². The predicted molar refractivity (Wildman–Crippen MR) is 135 cm³/mol. The van der Waals surface area contributed by atoms with Crippen molar-refractivity contribution in [3.63, 3.8) is 0 Å². The van der Waals surface area contributed by atoms with Gasteiger partial charge < -0.3 is 19.9 Å². The molecule has 1 aromatic heterocycles. The second-order valence-electron chi connectivity index (χ2n) is 7.90. The summed E-state index contributed by atoms with van der Waals surface area (Å²) in [6.45, 7) is 7.85. The molecule has 178 valence electrons. The number of rotatable bonds is 8. The van der Waals surface area contributed by atoms with Gasteiger partial charge in [-0.05, 0) is 55.8 Å². The zero-order valence-corrected chi connectivity index (χ0v) is 20.1. The van der Waals surface area contributed by atoms with Crippen molar-refractivity contribution in [2.75, 3.05) is 53.7 Å². The summed E-state index contributed by atoms with van der Waals surface area (Å²) in [5, 5.41) is 12.1. The molecular weight excluding hydrogens is 453 g/mol. The van der Waals surface area contributed by atoms with Crippen LogP contribution >= 0.6 is 11.8 Å². The maximum absolute atomic E-state index is 13.4. The standard InChI is InChI=1S/C25H28FN5O2S/c1-3-33-22-7-5-4-6-21(22)30-12-14-31(15-13-30)23-10-11-25(29-28-23)34-17-24(32)27-20-16-19(26)9-8-18(20)2/h4-11,16H,3,12-15,17H2,1-2H3,(H,27,32). The van der Waals surface area contributed by atoms with Crippen molar-refractivity contribution in [3.8, 4) is 5.75 Å². The van der Waals surface area contributed by atoms with Crippen molar-refractivity contribution in [3.05, 3.63) is 66.0 Å². The van der Waals surface area contributed by atoms with Gasteiger partial charge in [0.1, 0.15) is 16.6 Å². The van der Waals surface area contributed by atoms with E-state index in [1.807, 2.05) is 44.2 Å². The van der Waals surface area contributed by atoms with Crippen molar-refractivity contribution >= 4 is 34.9 Å². The lowest BCUT2D eigenvalue weighted by atomic mass is 10.2. The highest BCUT2D eigenvalue weighted by molar-refractivity contribution is 7.99. The molecule has 1 fully saturated rings. The molecule has 0 radical (unpaired) electrons. The number of ether oxygens (including phenoxy) is 1. The number of amides is 1. The number of anilines is 3. The first-order valence-corrected chi connectivity index (χ1v) is 12.3. The second kappa shape index (κ2) is 11.2. The van der Waals surface area contributed by atoms with E-state index >= 15 is 0 Å². The Balaban J connectivity index is 1.28. The van der Waals surface area contributed by atoms with Gasteiger partial charge in [-0.15, -0.1) is 10.2 Å². The molecule has 2 aromatic carbocycles. The molecule has 2 heterocycles. The Kier molecular flexibility index (Phi) is 7.84. The van der Waals surface area contributed by atoms with Crippen LogP contribution in [0.1, 0.15) is 12.5 Å². The summed E-state index contributed by atoms with van der Waals surface area (Å²) >= 11 is 1.30. The lowest BCUT2D eigenvalue weighted by Crippen LogP contribution is -2.47. The lowest BCUT2D eigenvalue weighted by molar-refractivity contribution is -0.113. The fraction of sp³-hybridized carbons (Fsp3) is 0.320. The minimum atomic E-state index is -0.380. The van der Waals surface area contributed by atoms with Crippen LogP contribution in [0.2, 0.25) is 0 Å². The maximum Gasteiger partial charge on any atom is 0.234 e. The number of carbonyl (C=O) groups excluding carboxylic acids is 1. The maximum atomic E-state index is 13.4. The largest absolute Gasteiger partial charge is 0.492 e. The number of halogens is 1. The van der Waals surface area contributed by atoms with Crippen LogP contribution in [0.25, 0.3) is 0 Å². The number of aryl methyl sites for hydroxylation is 1. The van der Waals surface area contributed by atoms with Crippen molar-refractivity contribution in [1.82, 2.24) is 10.2 Å². The molecule has 1 N–H and O–H groups in total. The molecule has 1 aliphatic heterocycles. The van der Waals surface area contributed by atoms with Gasteiger partial charge in [0.2, 0.25) is 5.91 Å². The van der Waals surface area contributed by atoms with Gasteiger partial charge in [0.25, 0.3) is 0 Å². The topological polar surface area (TPSA) is 70.6 Å². The van der Waals surface area contributed by atoms with Gasteiger partial charge in [-0.2, -0.15) is 0 Å². The molecule has 0 bridgehead atoms. The number of carbonyl (C=O) groups is 1. The average Bonchev–Trinajstić information content (AvgIpc) is 2.86. The number of thioether (sulfide) groups is 1. The van der Waals surface area contributed by atoms with E-state index in [2.05, 4.69) is 31.4 Å². The van der Waals surface area contributed by atoms with Gasteiger partial charge in [0, 0.05) is 31.9 Å². The number of benzene rings is 2. The summed E-state index contributed by atoms with van der Waals surface area (Å²) in [7, 11) is 0. The lowest BCUT2D eigenvalue weighted by Gasteiger charge is -2.37. The molecule has 1 amide bonds. The van der Waals surface area contributed by atoms with Crippen LogP contribution in [0.3, 0.4) is 0 Å². The SMILES string of the molecule is CCOc1ccccc1N1CCN(c2ccc(SCC(=O)Nc3cc(F)ccc3C)nn2)CC1. The quantitative estimate of drug-likeness (QED) is 0.479. The molecule has 7 nitrogen and oxygen atoms in total. The molecule has 0 spiro atoms. The van der Waals surface area contributed by atoms with Crippen molar-refractivity contribution < 1.29 is 13.9 Å². The Bertz CT molecular complexity index is 1120. The highest BCUT2D eigenvalue weighted by atomic mass is 32.2. The summed E-state index contributed by atoms with van der Waals surface area (Å²) < 4.78 is 19.2. The first-order valence-electron chi connectivity index (χ1n) is 11.3. The number of piperazine rings is 1. The zero-order valence-electron chi connectivity index (χ0n) is 19.3. The van der Waals surface area contributed by atoms with E-state index in [1.165, 1.54) is 23.9 Å². The Morgan fingerprint density at radius 3 is 2.56 bits per heavy atom. The molecule has 9 heteroatoms. The van der Waals surface area contributed by atoms with Gasteiger partial charge >= 0.3 is 0 Å². The molecule has 4 rings (SSSR count). The van der Waals surface area contributed by atoms with Crippen LogP contribution in [0, 0.1) is 12.7 Å². The molecule has 1 aliphatic rings. The van der Waals surface area contributed by atoms with Crippen LogP contribution in [0.4, 0.5) is 21.6 Å². The van der Waals surface area contributed by atoms with Crippen molar-refractivity contribution in [1.29, 1.82) is 0 Å². The van der Waals surface area contributed by atoms with Gasteiger partial charge in [-0.1, -0.05) is 30.0 Å². The molecule has 0 unspecified atom stereocenters. The minimum Gasteiger partial charge on any atom is -0.492 e. The molecule has 34 heavy (non-hydrogen) atoms. The molecule has 0 aliphatic carbocycles. The van der Waals surface area contributed by atoms with E-state index in [9.17, 15) is 9.18 Å². The summed E-state index contributed by atoms with van der Waals surface area (Å²) in [6, 6.07) is 16.3. The molecule has 0 atom stereocenters. The Morgan fingerprint density at radius 2 is 1.82 bits per heavy atom. The fourth-order valence-corrected chi connectivity index (χ4v) is 4.40. The summed E-state index contributed by atoms with van der Waals surface area (Å²) in [6.07, 6.45) is 0. The zero-order chi connectivity index (χ0) is 23.9. The molecule has 3 aromatic rings. The van der Waals surface area contributed by atoms with Gasteiger partial charge in [0.15, 0.2) is 5.82 Å². The van der Waals surface area contributed by atoms with E-state index in [0.717, 1.165) is 49.0 Å². The van der Waals surface area contributed by atoms with Crippen LogP contribution in [0.5, 0.6) is 5.75 Å². The number of hydrogen-bond acceptors (Lipinski definition) is 7. The van der Waals surface area contributed by atoms with Crippen molar-refractivity contribution in [2.45, 2.75) is 18.9 Å². The highest BCUT2D eigenvalue weighted by Gasteiger charge is 2.21. The van der Waals surface area contributed by atoms with Gasteiger partial charge in [0.05, 0.1) is 18.0 Å². The monoisotopic (exact) mass is 481 g/mol. The molecule has 1 saturated heterocycles. The summed E-state index contributed by atoms with van der Waals surface area (Å²) in [5.74, 6) is 1.31. The van der Waals surface area contributed by atoms with E-state index in [0.29, 0.717) is 17.3 Å². The second-order valence-corrected chi connectivity index (χ2v) is 8.90. The minimum absolute atomic E-state index is 0.169. The number of nitrogens with one attached hydrogen (secondary N) is 1. The molecular formula is C25H28FN5O2S. The van der Waals surface area contributed by atoms with Crippen molar-refractivity contribution in [2.24, 2.45) is 0 Å². The van der Waals surface area contributed by atoms with E-state index in [4.69, 9.17) is 4.74 Å². The smallest absolute Gasteiger partial charge is 0.234 e. The van der Waals surface area contributed by atoms with Crippen LogP contribution in [-0.2, 0) is 4.79 Å². The third-order valence-corrected chi connectivity index (χ3v) is 6.48. The van der Waals surface area contributed by atoms with Gasteiger partial charge in [-0.3, -0.25) is 4.79 Å². The van der Waals surface area contributed by atoms with Crippen LogP contribution in [-0.4, -0.2) is 54.6 Å². The number of nitrogens with zero attached hydrogens (tertiary/aromatic N) is 4. The number of aromatic nitrogens is 2. The van der Waals surface area contributed by atoms with E-state index in [-0.39, 0.29) is 17.5 Å². The Hall–Kier alpha value is -3.33. The van der Waals surface area contributed by atoms with Crippen LogP contribution < -0.4 is 19.9 Å². The van der Waals surface area contributed by atoms with E-state index < -0.39 is 0 Å². The Morgan fingerprint density at radius 1 is 1.06 bits per heavy atom. The number of para-hydroxylation sites is 2. The highest BCUT2D eigenvalue weighted by Crippen LogP contribution is 2.29. The first kappa shape index (κ1) is 23.8. The molecule has 0 saturated carbocycles. The first-order chi connectivity index (χ1) is 16.5. The van der Waals surface area contributed by atoms with Gasteiger partial charge in [-0.25, -0.2) is 4.39 Å². The third kappa shape index (κ3) is 5.96. The van der Waals surface area contributed by atoms with E-state index in [1.54, 1.807) is 6.07 Å². The predicted octanol–water partition coefficient (Wildman–Crippen LogP) is 4.38.